The van der Waals surface area contributed by atoms with Gasteiger partial charge >= 0.3 is 5.97 Å². The minimum absolute atomic E-state index is 0.0581. The van der Waals surface area contributed by atoms with Crippen molar-refractivity contribution < 1.29 is 19.2 Å². The first kappa shape index (κ1) is 14.1. The highest BCUT2D eigenvalue weighted by Gasteiger charge is 2.36. The van der Waals surface area contributed by atoms with Crippen LogP contribution in [0.25, 0.3) is 0 Å². The Hall–Kier alpha value is -0.940. The van der Waals surface area contributed by atoms with Crippen LogP contribution in [0, 0.1) is 5.92 Å². The van der Waals surface area contributed by atoms with Crippen LogP contribution < -0.4 is 0 Å². The Balaban J connectivity index is 2.23. The van der Waals surface area contributed by atoms with E-state index in [2.05, 4.69) is 0 Å². The predicted molar refractivity (Wildman–Crippen MR) is 62.2 cm³/mol. The summed E-state index contributed by atoms with van der Waals surface area (Å²) in [6.45, 7) is 9.05. The molecule has 0 atom stereocenters. The van der Waals surface area contributed by atoms with Gasteiger partial charge in [0.1, 0.15) is 12.2 Å². The number of Topliss-reactive ketones (excluding diaryl/α,β-unsaturated/α-hetero) is 1. The van der Waals surface area contributed by atoms with Gasteiger partial charge in [-0.3, -0.25) is 14.4 Å². The van der Waals surface area contributed by atoms with Gasteiger partial charge in [0.25, 0.3) is 0 Å². The number of esters is 1. The minimum atomic E-state index is -0.437. The van der Waals surface area contributed by atoms with E-state index >= 15 is 0 Å². The second-order valence-corrected chi connectivity index (χ2v) is 5.20. The molecule has 1 saturated heterocycles. The van der Waals surface area contributed by atoms with Crippen molar-refractivity contribution >= 4 is 11.8 Å². The lowest BCUT2D eigenvalue weighted by molar-refractivity contribution is -0.271. The quantitative estimate of drug-likeness (QED) is 0.536. The summed E-state index contributed by atoms with van der Waals surface area (Å²) in [6, 6.07) is 0. The van der Waals surface area contributed by atoms with Gasteiger partial charge in [0.05, 0.1) is 12.2 Å². The first-order valence-corrected chi connectivity index (χ1v) is 5.94. The maximum atomic E-state index is 11.6. The van der Waals surface area contributed by atoms with Crippen molar-refractivity contribution in [3.63, 3.8) is 0 Å². The number of ether oxygens (including phenoxy) is 1. The Morgan fingerprint density at radius 1 is 1.29 bits per heavy atom. The maximum absolute atomic E-state index is 11.6. The Morgan fingerprint density at radius 2 is 1.88 bits per heavy atom. The fourth-order valence-electron chi connectivity index (χ4n) is 1.60. The zero-order valence-electron chi connectivity index (χ0n) is 11.0. The van der Waals surface area contributed by atoms with Crippen molar-refractivity contribution in [3.05, 3.63) is 0 Å². The van der Waals surface area contributed by atoms with Gasteiger partial charge in [0.15, 0.2) is 0 Å². The molecule has 0 aromatic heterocycles. The van der Waals surface area contributed by atoms with Crippen molar-refractivity contribution in [1.29, 1.82) is 0 Å². The van der Waals surface area contributed by atoms with Crippen LogP contribution in [0.5, 0.6) is 0 Å². The molecule has 0 N–H and O–H groups in total. The summed E-state index contributed by atoms with van der Waals surface area (Å²) < 4.78 is 4.73. The molecule has 0 aliphatic carbocycles. The standard InChI is InChI=1S/C12H21NO4/c1-5-16-11(15)6-10(14)9-7-13(8-9)17-12(2,3)4/h9H,5-8H2,1-4H3. The van der Waals surface area contributed by atoms with Crippen LogP contribution in [0.1, 0.15) is 34.1 Å². The van der Waals surface area contributed by atoms with Gasteiger partial charge in [0.2, 0.25) is 0 Å². The third-order valence-electron chi connectivity index (χ3n) is 2.33. The molecule has 1 aliphatic rings. The van der Waals surface area contributed by atoms with Crippen molar-refractivity contribution in [2.75, 3.05) is 19.7 Å². The summed E-state index contributed by atoms with van der Waals surface area (Å²) in [4.78, 5) is 28.3. The van der Waals surface area contributed by atoms with E-state index in [0.29, 0.717) is 19.7 Å². The smallest absolute Gasteiger partial charge is 0.313 e. The average Bonchev–Trinajstić information content (AvgIpc) is 2.09. The fraction of sp³-hybridized carbons (Fsp3) is 0.833. The van der Waals surface area contributed by atoms with Crippen LogP contribution in [-0.4, -0.2) is 42.1 Å². The molecule has 0 unspecified atom stereocenters. The number of hydrogen-bond acceptors (Lipinski definition) is 5. The minimum Gasteiger partial charge on any atom is -0.466 e. The van der Waals surface area contributed by atoms with Gasteiger partial charge in [-0.05, 0) is 27.7 Å². The van der Waals surface area contributed by atoms with E-state index in [4.69, 9.17) is 9.57 Å². The summed E-state index contributed by atoms with van der Waals surface area (Å²) in [5.41, 5.74) is -0.241. The summed E-state index contributed by atoms with van der Waals surface area (Å²) in [6.07, 6.45) is -0.123. The molecule has 0 amide bonds. The molecule has 17 heavy (non-hydrogen) atoms. The SMILES string of the molecule is CCOC(=O)CC(=O)C1CN(OC(C)(C)C)C1. The number of carbonyl (C=O) groups is 2. The van der Waals surface area contributed by atoms with Crippen molar-refractivity contribution in [1.82, 2.24) is 5.06 Å². The molecular formula is C12H21NO4. The van der Waals surface area contributed by atoms with Gasteiger partial charge in [-0.25, -0.2) is 0 Å². The molecule has 5 nitrogen and oxygen atoms in total. The van der Waals surface area contributed by atoms with Crippen LogP contribution in [-0.2, 0) is 19.2 Å². The highest BCUT2D eigenvalue weighted by Crippen LogP contribution is 2.22. The van der Waals surface area contributed by atoms with Crippen LogP contribution in [0.4, 0.5) is 0 Å². The zero-order chi connectivity index (χ0) is 13.1. The molecule has 0 spiro atoms. The third-order valence-corrected chi connectivity index (χ3v) is 2.33. The Kier molecular flexibility index (Phi) is 4.65. The summed E-state index contributed by atoms with van der Waals surface area (Å²) >= 11 is 0. The third kappa shape index (κ3) is 4.83. The summed E-state index contributed by atoms with van der Waals surface area (Å²) in [5, 5.41) is 1.76. The summed E-state index contributed by atoms with van der Waals surface area (Å²) in [7, 11) is 0. The molecule has 0 saturated carbocycles. The summed E-state index contributed by atoms with van der Waals surface area (Å²) in [5.74, 6) is -0.591. The second-order valence-electron chi connectivity index (χ2n) is 5.20. The van der Waals surface area contributed by atoms with E-state index in [0.717, 1.165) is 0 Å². The van der Waals surface area contributed by atoms with Gasteiger partial charge < -0.3 is 4.74 Å². The van der Waals surface area contributed by atoms with Gasteiger partial charge in [-0.1, -0.05) is 0 Å². The molecule has 0 aromatic rings. The van der Waals surface area contributed by atoms with E-state index in [1.165, 1.54) is 0 Å². The number of ketones is 1. The lowest BCUT2D eigenvalue weighted by Gasteiger charge is -2.40. The number of rotatable bonds is 5. The topological polar surface area (TPSA) is 55.8 Å². The van der Waals surface area contributed by atoms with Crippen molar-refractivity contribution in [3.8, 4) is 0 Å². The normalized spacial score (nSPS) is 17.6. The number of hydrogen-bond donors (Lipinski definition) is 0. The lowest BCUT2D eigenvalue weighted by atomic mass is 9.95. The van der Waals surface area contributed by atoms with Crippen LogP contribution in [0.2, 0.25) is 0 Å². The fourth-order valence-corrected chi connectivity index (χ4v) is 1.60. The monoisotopic (exact) mass is 243 g/mol. The highest BCUT2D eigenvalue weighted by molar-refractivity contribution is 5.97. The number of hydroxylamine groups is 2. The molecule has 1 fully saturated rings. The van der Waals surface area contributed by atoms with E-state index in [-0.39, 0.29) is 23.7 Å². The molecule has 5 heteroatoms. The molecular weight excluding hydrogens is 222 g/mol. The average molecular weight is 243 g/mol. The van der Waals surface area contributed by atoms with Crippen molar-refractivity contribution in [2.45, 2.75) is 39.7 Å². The van der Waals surface area contributed by atoms with Crippen LogP contribution >= 0.6 is 0 Å². The van der Waals surface area contributed by atoms with Gasteiger partial charge in [-0.15, -0.1) is 0 Å². The van der Waals surface area contributed by atoms with Crippen molar-refractivity contribution in [2.24, 2.45) is 5.92 Å². The number of carbonyl (C=O) groups excluding carboxylic acids is 2. The molecule has 0 aromatic carbocycles. The Bertz CT molecular complexity index is 289. The number of nitrogens with zero attached hydrogens (tertiary/aromatic N) is 1. The predicted octanol–water partition coefficient (Wildman–Crippen LogP) is 1.17. The lowest BCUT2D eigenvalue weighted by Crippen LogP contribution is -2.52. The molecule has 1 aliphatic heterocycles. The zero-order valence-corrected chi connectivity index (χ0v) is 11.0. The molecule has 1 rings (SSSR count). The van der Waals surface area contributed by atoms with E-state index in [1.807, 2.05) is 20.8 Å². The molecule has 1 heterocycles. The maximum Gasteiger partial charge on any atom is 0.313 e. The van der Waals surface area contributed by atoms with E-state index in [1.54, 1.807) is 12.0 Å². The Labute approximate surface area is 102 Å². The second kappa shape index (κ2) is 5.60. The molecule has 0 bridgehead atoms. The Morgan fingerprint density at radius 3 is 2.35 bits per heavy atom. The largest absolute Gasteiger partial charge is 0.466 e. The van der Waals surface area contributed by atoms with E-state index in [9.17, 15) is 9.59 Å². The van der Waals surface area contributed by atoms with Crippen LogP contribution in [0.15, 0.2) is 0 Å². The first-order chi connectivity index (χ1) is 7.81. The van der Waals surface area contributed by atoms with Gasteiger partial charge in [-0.2, -0.15) is 5.06 Å². The molecule has 98 valence electrons. The molecule has 0 radical (unpaired) electrons. The highest BCUT2D eigenvalue weighted by atomic mass is 16.7. The first-order valence-electron chi connectivity index (χ1n) is 5.94. The van der Waals surface area contributed by atoms with E-state index < -0.39 is 5.97 Å². The van der Waals surface area contributed by atoms with Gasteiger partial charge in [0, 0.05) is 19.0 Å². The van der Waals surface area contributed by atoms with Crippen LogP contribution in [0.3, 0.4) is 0 Å².